The quantitative estimate of drug-likeness (QED) is 0.604. The lowest BCUT2D eigenvalue weighted by atomic mass is 9.95. The van der Waals surface area contributed by atoms with Gasteiger partial charge in [0.2, 0.25) is 0 Å². The van der Waals surface area contributed by atoms with E-state index in [1.165, 1.54) is 12.3 Å². The molecule has 2 aromatic rings. The van der Waals surface area contributed by atoms with E-state index in [-0.39, 0.29) is 18.8 Å². The number of aromatic nitrogens is 1. The SMILES string of the molecule is CCOC(=O)C[C@@H](C(=O)OCC)[C@@H](NC(=O)c1ccnc2ccccc12)C(=O)O. The molecule has 0 saturated carbocycles. The van der Waals surface area contributed by atoms with Crippen molar-refractivity contribution in [2.75, 3.05) is 13.2 Å². The first-order chi connectivity index (χ1) is 13.9. The molecule has 2 atom stereocenters. The summed E-state index contributed by atoms with van der Waals surface area (Å²) in [6.07, 6.45) is 0.884. The van der Waals surface area contributed by atoms with E-state index in [1.807, 2.05) is 0 Å². The van der Waals surface area contributed by atoms with Crippen LogP contribution < -0.4 is 5.32 Å². The van der Waals surface area contributed by atoms with Crippen LogP contribution >= 0.6 is 0 Å². The average molecular weight is 402 g/mol. The molecule has 1 aromatic carbocycles. The van der Waals surface area contributed by atoms with Crippen molar-refractivity contribution in [3.63, 3.8) is 0 Å². The van der Waals surface area contributed by atoms with E-state index in [1.54, 1.807) is 38.1 Å². The molecule has 1 aromatic heterocycles. The molecule has 154 valence electrons. The monoisotopic (exact) mass is 402 g/mol. The van der Waals surface area contributed by atoms with Crippen molar-refractivity contribution < 1.29 is 33.8 Å². The van der Waals surface area contributed by atoms with Crippen LogP contribution in [0, 0.1) is 5.92 Å². The first-order valence-corrected chi connectivity index (χ1v) is 9.08. The van der Waals surface area contributed by atoms with Gasteiger partial charge in [-0.1, -0.05) is 18.2 Å². The number of carboxylic acid groups (broad SMARTS) is 1. The minimum Gasteiger partial charge on any atom is -0.480 e. The van der Waals surface area contributed by atoms with Crippen LogP contribution in [0.2, 0.25) is 0 Å². The normalized spacial score (nSPS) is 12.6. The van der Waals surface area contributed by atoms with Gasteiger partial charge in [0.1, 0.15) is 6.04 Å². The number of benzene rings is 1. The van der Waals surface area contributed by atoms with Gasteiger partial charge in [-0.3, -0.25) is 19.4 Å². The number of nitrogens with one attached hydrogen (secondary N) is 1. The number of amides is 1. The number of carbonyl (C=O) groups is 4. The number of nitrogens with zero attached hydrogens (tertiary/aromatic N) is 1. The fourth-order valence-corrected chi connectivity index (χ4v) is 2.83. The third kappa shape index (κ3) is 5.50. The zero-order valence-corrected chi connectivity index (χ0v) is 16.1. The van der Waals surface area contributed by atoms with E-state index < -0.39 is 42.2 Å². The topological polar surface area (TPSA) is 132 Å². The van der Waals surface area contributed by atoms with E-state index in [2.05, 4.69) is 10.3 Å². The van der Waals surface area contributed by atoms with Gasteiger partial charge in [-0.25, -0.2) is 4.79 Å². The van der Waals surface area contributed by atoms with Gasteiger partial charge in [0, 0.05) is 11.6 Å². The molecule has 29 heavy (non-hydrogen) atoms. The molecule has 0 radical (unpaired) electrons. The van der Waals surface area contributed by atoms with Crippen LogP contribution in [0.25, 0.3) is 10.9 Å². The molecular formula is C20H22N2O7. The van der Waals surface area contributed by atoms with Gasteiger partial charge in [0.25, 0.3) is 5.91 Å². The molecule has 0 saturated heterocycles. The molecule has 1 heterocycles. The molecule has 0 aliphatic rings. The van der Waals surface area contributed by atoms with Crippen molar-refractivity contribution in [1.82, 2.24) is 10.3 Å². The lowest BCUT2D eigenvalue weighted by Gasteiger charge is -2.23. The molecule has 0 bridgehead atoms. The summed E-state index contributed by atoms with van der Waals surface area (Å²) < 4.78 is 9.72. The van der Waals surface area contributed by atoms with Crippen LogP contribution in [0.1, 0.15) is 30.6 Å². The lowest BCUT2D eigenvalue weighted by Crippen LogP contribution is -2.49. The Bertz CT molecular complexity index is 907. The van der Waals surface area contributed by atoms with Gasteiger partial charge < -0.3 is 19.9 Å². The van der Waals surface area contributed by atoms with Gasteiger partial charge in [0.05, 0.1) is 36.6 Å². The van der Waals surface area contributed by atoms with Crippen LogP contribution in [-0.2, 0) is 23.9 Å². The number of hydrogen-bond donors (Lipinski definition) is 2. The van der Waals surface area contributed by atoms with Crippen LogP contribution in [0.15, 0.2) is 36.5 Å². The highest BCUT2D eigenvalue weighted by Crippen LogP contribution is 2.18. The van der Waals surface area contributed by atoms with Gasteiger partial charge >= 0.3 is 17.9 Å². The molecular weight excluding hydrogens is 380 g/mol. The second kappa shape index (κ2) is 10.2. The molecule has 9 heteroatoms. The number of ether oxygens (including phenoxy) is 2. The summed E-state index contributed by atoms with van der Waals surface area (Å²) in [7, 11) is 0. The summed E-state index contributed by atoms with van der Waals surface area (Å²) in [5.41, 5.74) is 0.751. The van der Waals surface area contributed by atoms with E-state index in [0.29, 0.717) is 10.9 Å². The first-order valence-electron chi connectivity index (χ1n) is 9.08. The molecule has 2 rings (SSSR count). The molecule has 0 unspecified atom stereocenters. The summed E-state index contributed by atoms with van der Waals surface area (Å²) in [5.74, 6) is -5.30. The van der Waals surface area contributed by atoms with Crippen molar-refractivity contribution in [2.24, 2.45) is 5.92 Å². The fraction of sp³-hybridized carbons (Fsp3) is 0.350. The Balaban J connectivity index is 2.33. The second-order valence-corrected chi connectivity index (χ2v) is 6.03. The number of aliphatic carboxylic acids is 1. The highest BCUT2D eigenvalue weighted by molar-refractivity contribution is 6.07. The van der Waals surface area contributed by atoms with Gasteiger partial charge in [-0.15, -0.1) is 0 Å². The highest BCUT2D eigenvalue weighted by Gasteiger charge is 2.38. The van der Waals surface area contributed by atoms with Crippen molar-refractivity contribution in [3.05, 3.63) is 42.1 Å². The molecule has 0 spiro atoms. The zero-order valence-electron chi connectivity index (χ0n) is 16.1. The van der Waals surface area contributed by atoms with E-state index in [0.717, 1.165) is 0 Å². The van der Waals surface area contributed by atoms with E-state index in [9.17, 15) is 24.3 Å². The predicted molar refractivity (Wildman–Crippen MR) is 102 cm³/mol. The number of hydrogen-bond acceptors (Lipinski definition) is 7. The predicted octanol–water partition coefficient (Wildman–Crippen LogP) is 1.55. The standard InChI is InChI=1S/C20H22N2O7/c1-3-28-16(23)11-14(20(27)29-4-2)17(19(25)26)22-18(24)13-9-10-21-15-8-6-5-7-12(13)15/h5-10,14,17H,3-4,11H2,1-2H3,(H,22,24)(H,25,26)/t14-,17-/m1/s1. The number of rotatable bonds is 9. The third-order valence-corrected chi connectivity index (χ3v) is 4.13. The van der Waals surface area contributed by atoms with Crippen molar-refractivity contribution in [3.8, 4) is 0 Å². The summed E-state index contributed by atoms with van der Waals surface area (Å²) >= 11 is 0. The first kappa shape index (κ1) is 21.8. The van der Waals surface area contributed by atoms with E-state index in [4.69, 9.17) is 9.47 Å². The van der Waals surface area contributed by atoms with Crippen molar-refractivity contribution in [1.29, 1.82) is 0 Å². The lowest BCUT2D eigenvalue weighted by molar-refractivity contribution is -0.159. The number of carboxylic acids is 1. The zero-order chi connectivity index (χ0) is 21.4. The summed E-state index contributed by atoms with van der Waals surface area (Å²) in [4.78, 5) is 53.0. The Kier molecular flexibility index (Phi) is 7.64. The number of esters is 2. The Morgan fingerprint density at radius 1 is 1.07 bits per heavy atom. The summed E-state index contributed by atoms with van der Waals surface area (Å²) in [5, 5.41) is 12.5. The smallest absolute Gasteiger partial charge is 0.327 e. The number of carbonyl (C=O) groups excluding carboxylic acids is 3. The second-order valence-electron chi connectivity index (χ2n) is 6.03. The fourth-order valence-electron chi connectivity index (χ4n) is 2.83. The molecule has 9 nitrogen and oxygen atoms in total. The maximum atomic E-state index is 12.8. The minimum atomic E-state index is -1.68. The Morgan fingerprint density at radius 2 is 1.76 bits per heavy atom. The largest absolute Gasteiger partial charge is 0.480 e. The minimum absolute atomic E-state index is 0.00651. The van der Waals surface area contributed by atoms with Crippen LogP contribution in [0.4, 0.5) is 0 Å². The molecule has 0 aliphatic heterocycles. The van der Waals surface area contributed by atoms with Gasteiger partial charge in [-0.2, -0.15) is 0 Å². The number of para-hydroxylation sites is 1. The molecule has 0 fully saturated rings. The maximum Gasteiger partial charge on any atom is 0.327 e. The third-order valence-electron chi connectivity index (χ3n) is 4.13. The maximum absolute atomic E-state index is 12.8. The van der Waals surface area contributed by atoms with Gasteiger partial charge in [-0.05, 0) is 26.0 Å². The molecule has 2 N–H and O–H groups in total. The number of pyridine rings is 1. The molecule has 0 aliphatic carbocycles. The van der Waals surface area contributed by atoms with Crippen LogP contribution in [0.3, 0.4) is 0 Å². The van der Waals surface area contributed by atoms with Crippen LogP contribution in [0.5, 0.6) is 0 Å². The Hall–Kier alpha value is -3.49. The van der Waals surface area contributed by atoms with Crippen molar-refractivity contribution >= 4 is 34.7 Å². The van der Waals surface area contributed by atoms with E-state index >= 15 is 0 Å². The Morgan fingerprint density at radius 3 is 2.41 bits per heavy atom. The highest BCUT2D eigenvalue weighted by atomic mass is 16.5. The Labute approximate surface area is 167 Å². The van der Waals surface area contributed by atoms with Crippen LogP contribution in [-0.4, -0.2) is 53.2 Å². The van der Waals surface area contributed by atoms with Gasteiger partial charge in [0.15, 0.2) is 0 Å². The van der Waals surface area contributed by atoms with Crippen molar-refractivity contribution in [2.45, 2.75) is 26.3 Å². The molecule has 1 amide bonds. The number of fused-ring (bicyclic) bond motifs is 1. The summed E-state index contributed by atoms with van der Waals surface area (Å²) in [6.45, 7) is 3.20. The summed E-state index contributed by atoms with van der Waals surface area (Å²) in [6, 6.07) is 6.63. The average Bonchev–Trinajstić information content (AvgIpc) is 2.70.